The van der Waals surface area contributed by atoms with Crippen molar-refractivity contribution in [3.05, 3.63) is 59.1 Å². The summed E-state index contributed by atoms with van der Waals surface area (Å²) in [6.45, 7) is 4.61. The van der Waals surface area contributed by atoms with Crippen LogP contribution in [0.2, 0.25) is 0 Å². The first-order valence-electron chi connectivity index (χ1n) is 9.31. The number of ether oxygens (including phenoxy) is 2. The first kappa shape index (κ1) is 18.0. The van der Waals surface area contributed by atoms with E-state index in [2.05, 4.69) is 28.1 Å². The SMILES string of the molecule is Fc1ccc(OCC2CN(Cc3ccc4scnc4c3)CC23COC3)cc1F. The first-order valence-corrected chi connectivity index (χ1v) is 10.2. The summed E-state index contributed by atoms with van der Waals surface area (Å²) in [6, 6.07) is 10.1. The van der Waals surface area contributed by atoms with Gasteiger partial charge in [-0.3, -0.25) is 4.90 Å². The molecule has 0 bridgehead atoms. The standard InChI is InChI=1S/C21H20F2N2O2S/c22-17-3-2-16(6-18(17)23)27-9-15-8-25(10-21(15)11-26-12-21)7-14-1-4-20-19(5-14)24-13-28-20/h1-6,13,15H,7-12H2. The zero-order valence-corrected chi connectivity index (χ0v) is 16.1. The number of nitrogens with zero attached hydrogens (tertiary/aromatic N) is 2. The first-order chi connectivity index (χ1) is 13.6. The molecule has 2 aliphatic heterocycles. The topological polar surface area (TPSA) is 34.6 Å². The molecule has 146 valence electrons. The summed E-state index contributed by atoms with van der Waals surface area (Å²) in [7, 11) is 0. The summed E-state index contributed by atoms with van der Waals surface area (Å²) >= 11 is 1.65. The lowest BCUT2D eigenvalue weighted by molar-refractivity contribution is -0.133. The van der Waals surface area contributed by atoms with Crippen molar-refractivity contribution in [1.82, 2.24) is 9.88 Å². The van der Waals surface area contributed by atoms with E-state index < -0.39 is 11.6 Å². The van der Waals surface area contributed by atoms with Crippen molar-refractivity contribution in [1.29, 1.82) is 0 Å². The number of rotatable bonds is 5. The molecule has 0 amide bonds. The highest BCUT2D eigenvalue weighted by molar-refractivity contribution is 7.16. The minimum Gasteiger partial charge on any atom is -0.493 e. The van der Waals surface area contributed by atoms with Gasteiger partial charge >= 0.3 is 0 Å². The monoisotopic (exact) mass is 402 g/mol. The maximum atomic E-state index is 13.4. The third-order valence-corrected chi connectivity index (χ3v) is 6.62. The third-order valence-electron chi connectivity index (χ3n) is 5.81. The molecule has 2 aliphatic rings. The molecule has 1 atom stereocenters. The van der Waals surface area contributed by atoms with E-state index in [-0.39, 0.29) is 11.3 Å². The molecule has 1 aromatic heterocycles. The molecule has 0 radical (unpaired) electrons. The summed E-state index contributed by atoms with van der Waals surface area (Å²) in [5, 5.41) is 0. The Morgan fingerprint density at radius 1 is 1.18 bits per heavy atom. The molecule has 0 aliphatic carbocycles. The van der Waals surface area contributed by atoms with E-state index in [1.165, 1.54) is 16.3 Å². The lowest BCUT2D eigenvalue weighted by atomic mass is 9.77. The summed E-state index contributed by atoms with van der Waals surface area (Å²) in [5.41, 5.74) is 4.25. The van der Waals surface area contributed by atoms with Gasteiger partial charge in [0.05, 0.1) is 35.5 Å². The van der Waals surface area contributed by atoms with Gasteiger partial charge in [-0.15, -0.1) is 11.3 Å². The Morgan fingerprint density at radius 2 is 2.07 bits per heavy atom. The van der Waals surface area contributed by atoms with Crippen molar-refractivity contribution in [3.63, 3.8) is 0 Å². The van der Waals surface area contributed by atoms with E-state index in [1.807, 2.05) is 5.51 Å². The van der Waals surface area contributed by atoms with Crippen molar-refractivity contribution in [2.45, 2.75) is 6.54 Å². The molecule has 5 rings (SSSR count). The summed E-state index contributed by atoms with van der Waals surface area (Å²) in [4.78, 5) is 6.83. The van der Waals surface area contributed by atoms with Crippen molar-refractivity contribution in [2.24, 2.45) is 11.3 Å². The smallest absolute Gasteiger partial charge is 0.162 e. The zero-order chi connectivity index (χ0) is 19.1. The molecule has 0 saturated carbocycles. The van der Waals surface area contributed by atoms with Crippen LogP contribution in [0.5, 0.6) is 5.75 Å². The number of hydrogen-bond donors (Lipinski definition) is 0. The Kier molecular flexibility index (Phi) is 4.53. The Labute approximate surface area is 165 Å². The summed E-state index contributed by atoms with van der Waals surface area (Å²) < 4.78 is 39.0. The van der Waals surface area contributed by atoms with Crippen LogP contribution in [-0.4, -0.2) is 42.8 Å². The highest BCUT2D eigenvalue weighted by Gasteiger charge is 2.52. The quantitative estimate of drug-likeness (QED) is 0.644. The van der Waals surface area contributed by atoms with Gasteiger partial charge in [0.2, 0.25) is 0 Å². The molecule has 3 heterocycles. The van der Waals surface area contributed by atoms with E-state index >= 15 is 0 Å². The molecule has 2 fully saturated rings. The molecule has 28 heavy (non-hydrogen) atoms. The Bertz CT molecular complexity index is 1000. The molecule has 1 unspecified atom stereocenters. The van der Waals surface area contributed by atoms with Crippen LogP contribution in [0.3, 0.4) is 0 Å². The minimum absolute atomic E-state index is 0.0866. The number of halogens is 2. The summed E-state index contributed by atoms with van der Waals surface area (Å²) in [6.07, 6.45) is 0. The van der Waals surface area contributed by atoms with Gasteiger partial charge in [-0.05, 0) is 29.8 Å². The van der Waals surface area contributed by atoms with Crippen LogP contribution >= 0.6 is 11.3 Å². The van der Waals surface area contributed by atoms with Crippen molar-refractivity contribution < 1.29 is 18.3 Å². The van der Waals surface area contributed by atoms with Gasteiger partial charge in [0.15, 0.2) is 11.6 Å². The maximum Gasteiger partial charge on any atom is 0.162 e. The highest BCUT2D eigenvalue weighted by Crippen LogP contribution is 2.43. The fraction of sp³-hybridized carbons (Fsp3) is 0.381. The van der Waals surface area contributed by atoms with Gasteiger partial charge in [-0.1, -0.05) is 6.07 Å². The number of aromatic nitrogens is 1. The van der Waals surface area contributed by atoms with Crippen LogP contribution in [0.1, 0.15) is 5.56 Å². The highest BCUT2D eigenvalue weighted by atomic mass is 32.1. The van der Waals surface area contributed by atoms with Gasteiger partial charge in [-0.25, -0.2) is 13.8 Å². The number of benzene rings is 2. The number of hydrogen-bond acceptors (Lipinski definition) is 5. The van der Waals surface area contributed by atoms with Crippen LogP contribution in [0.15, 0.2) is 41.9 Å². The van der Waals surface area contributed by atoms with Crippen LogP contribution in [0.4, 0.5) is 8.78 Å². The van der Waals surface area contributed by atoms with Crippen LogP contribution in [0.25, 0.3) is 10.2 Å². The van der Waals surface area contributed by atoms with E-state index in [1.54, 1.807) is 11.3 Å². The van der Waals surface area contributed by atoms with Crippen LogP contribution < -0.4 is 4.74 Å². The number of likely N-dealkylation sites (tertiary alicyclic amines) is 1. The second-order valence-corrected chi connectivity index (χ2v) is 8.65. The van der Waals surface area contributed by atoms with Gasteiger partial charge < -0.3 is 9.47 Å². The van der Waals surface area contributed by atoms with Crippen LogP contribution in [0, 0.1) is 23.0 Å². The van der Waals surface area contributed by atoms with Gasteiger partial charge in [-0.2, -0.15) is 0 Å². The van der Waals surface area contributed by atoms with Crippen molar-refractivity contribution >= 4 is 21.6 Å². The average Bonchev–Trinajstić information content (AvgIpc) is 3.26. The molecule has 0 N–H and O–H groups in total. The molecule has 2 saturated heterocycles. The molecular formula is C21H20F2N2O2S. The largest absolute Gasteiger partial charge is 0.493 e. The summed E-state index contributed by atoms with van der Waals surface area (Å²) in [5.74, 6) is -1.09. The predicted molar refractivity (Wildman–Crippen MR) is 103 cm³/mol. The van der Waals surface area contributed by atoms with Crippen LogP contribution in [-0.2, 0) is 11.3 Å². The van der Waals surface area contributed by atoms with Gasteiger partial charge in [0.1, 0.15) is 5.75 Å². The molecule has 4 nitrogen and oxygen atoms in total. The minimum atomic E-state index is -0.885. The second-order valence-electron chi connectivity index (χ2n) is 7.76. The van der Waals surface area contributed by atoms with Gasteiger partial charge in [0.25, 0.3) is 0 Å². The molecule has 1 spiro atoms. The Hall–Kier alpha value is -2.09. The molecular weight excluding hydrogens is 382 g/mol. The Balaban J connectivity index is 1.26. The van der Waals surface area contributed by atoms with E-state index in [0.717, 1.165) is 50.5 Å². The lowest BCUT2D eigenvalue weighted by Gasteiger charge is -2.42. The van der Waals surface area contributed by atoms with Crippen molar-refractivity contribution in [2.75, 3.05) is 32.9 Å². The molecule has 3 aromatic rings. The van der Waals surface area contributed by atoms with Gasteiger partial charge in [0, 0.05) is 37.0 Å². The van der Waals surface area contributed by atoms with E-state index in [4.69, 9.17) is 9.47 Å². The van der Waals surface area contributed by atoms with Crippen molar-refractivity contribution in [3.8, 4) is 5.75 Å². The van der Waals surface area contributed by atoms with E-state index in [0.29, 0.717) is 12.4 Å². The predicted octanol–water partition coefficient (Wildman–Crippen LogP) is 4.10. The maximum absolute atomic E-state index is 13.4. The number of thiazole rings is 1. The van der Waals surface area contributed by atoms with E-state index in [9.17, 15) is 8.78 Å². The lowest BCUT2D eigenvalue weighted by Crippen LogP contribution is -2.50. The fourth-order valence-corrected chi connectivity index (χ4v) is 4.87. The fourth-order valence-electron chi connectivity index (χ4n) is 4.21. The molecule has 7 heteroatoms. The normalized spacial score (nSPS) is 21.3. The third kappa shape index (κ3) is 3.27. The number of fused-ring (bicyclic) bond motifs is 1. The zero-order valence-electron chi connectivity index (χ0n) is 15.2. The second kappa shape index (κ2) is 7.06. The average molecular weight is 402 g/mol. The molecule has 2 aromatic carbocycles. The Morgan fingerprint density at radius 3 is 2.86 bits per heavy atom.